The van der Waals surface area contributed by atoms with Crippen LogP contribution < -0.4 is 10.0 Å². The highest BCUT2D eigenvalue weighted by Crippen LogP contribution is 2.04. The molecule has 1 heterocycles. The van der Waals surface area contributed by atoms with E-state index >= 15 is 0 Å². The van der Waals surface area contributed by atoms with Crippen molar-refractivity contribution < 1.29 is 12.9 Å². The van der Waals surface area contributed by atoms with Crippen LogP contribution in [-0.2, 0) is 10.0 Å². The maximum absolute atomic E-state index is 11.3. The number of hydrogen-bond acceptors (Lipinski definition) is 6. The van der Waals surface area contributed by atoms with E-state index in [2.05, 4.69) is 24.7 Å². The Bertz CT molecular complexity index is 386. The predicted octanol–water partition coefficient (Wildman–Crippen LogP) is -0.661. The summed E-state index contributed by atoms with van der Waals surface area (Å²) in [7, 11) is -1.72. The highest BCUT2D eigenvalue weighted by molar-refractivity contribution is 7.92. The second-order valence-corrected chi connectivity index (χ2v) is 4.51. The molecule has 1 aromatic rings. The lowest BCUT2D eigenvalue weighted by atomic mass is 10.8. The monoisotopic (exact) mass is 220 g/mol. The van der Waals surface area contributed by atoms with Gasteiger partial charge in [-0.1, -0.05) is 5.16 Å². The third-order valence-corrected chi connectivity index (χ3v) is 2.62. The van der Waals surface area contributed by atoms with Crippen molar-refractivity contribution in [1.82, 2.24) is 15.5 Å². The summed E-state index contributed by atoms with van der Waals surface area (Å²) in [5, 5.41) is 6.18. The fourth-order valence-electron chi connectivity index (χ4n) is 0.759. The molecule has 0 spiro atoms. The molecule has 80 valence electrons. The van der Waals surface area contributed by atoms with E-state index in [-0.39, 0.29) is 11.8 Å². The van der Waals surface area contributed by atoms with Gasteiger partial charge in [0.05, 0.1) is 5.75 Å². The van der Waals surface area contributed by atoms with Gasteiger partial charge in [0.15, 0.2) is 5.82 Å². The molecular weight excluding hydrogens is 208 g/mol. The maximum Gasteiger partial charge on any atom is 0.335 e. The van der Waals surface area contributed by atoms with E-state index in [1.165, 1.54) is 0 Å². The standard InChI is InChI=1S/C6H12N4O3S/c1-5-8-6(13-9-5)10-14(11,12)4-3-7-2/h7H,3-4H2,1-2H3,(H,8,9,10). The van der Waals surface area contributed by atoms with Crippen molar-refractivity contribution in [2.75, 3.05) is 24.1 Å². The summed E-state index contributed by atoms with van der Waals surface area (Å²) in [5.74, 6) is 0.349. The Hall–Kier alpha value is -1.15. The lowest BCUT2D eigenvalue weighted by Gasteiger charge is -2.02. The van der Waals surface area contributed by atoms with Crippen molar-refractivity contribution in [3.8, 4) is 0 Å². The summed E-state index contributed by atoms with van der Waals surface area (Å²) in [4.78, 5) is 3.72. The van der Waals surface area contributed by atoms with E-state index in [1.807, 2.05) is 0 Å². The highest BCUT2D eigenvalue weighted by Gasteiger charge is 2.13. The van der Waals surface area contributed by atoms with E-state index in [9.17, 15) is 8.42 Å². The molecule has 0 fully saturated rings. The third kappa shape index (κ3) is 3.30. The molecule has 0 aromatic carbocycles. The molecule has 1 aromatic heterocycles. The summed E-state index contributed by atoms with van der Waals surface area (Å²) < 4.78 is 29.4. The van der Waals surface area contributed by atoms with Crippen molar-refractivity contribution in [3.05, 3.63) is 5.82 Å². The zero-order chi connectivity index (χ0) is 10.6. The molecular formula is C6H12N4O3S. The van der Waals surface area contributed by atoms with E-state index in [0.717, 1.165) is 0 Å². The quantitative estimate of drug-likeness (QED) is 0.683. The molecule has 0 amide bonds. The Morgan fingerprint density at radius 1 is 1.50 bits per heavy atom. The molecule has 0 aliphatic heterocycles. The number of anilines is 1. The molecule has 14 heavy (non-hydrogen) atoms. The molecule has 0 aliphatic carbocycles. The van der Waals surface area contributed by atoms with Crippen molar-refractivity contribution in [1.29, 1.82) is 0 Å². The average Bonchev–Trinajstić information content (AvgIpc) is 2.47. The Kier molecular flexibility index (Phi) is 3.42. The summed E-state index contributed by atoms with van der Waals surface area (Å²) >= 11 is 0. The first-order valence-electron chi connectivity index (χ1n) is 3.99. The fraction of sp³-hybridized carbons (Fsp3) is 0.667. The van der Waals surface area contributed by atoms with Gasteiger partial charge in [0.25, 0.3) is 0 Å². The van der Waals surface area contributed by atoms with Gasteiger partial charge in [-0.2, -0.15) is 4.98 Å². The topological polar surface area (TPSA) is 97.1 Å². The highest BCUT2D eigenvalue weighted by atomic mass is 32.2. The Morgan fingerprint density at radius 2 is 2.21 bits per heavy atom. The van der Waals surface area contributed by atoms with Crippen LogP contribution in [0.4, 0.5) is 6.01 Å². The van der Waals surface area contributed by atoms with Crippen molar-refractivity contribution in [2.24, 2.45) is 0 Å². The summed E-state index contributed by atoms with van der Waals surface area (Å²) in [6.45, 7) is 1.97. The van der Waals surface area contributed by atoms with Gasteiger partial charge in [0, 0.05) is 6.54 Å². The minimum atomic E-state index is -3.39. The number of sulfonamides is 1. The minimum absolute atomic E-state index is 0.0368. The average molecular weight is 220 g/mol. The van der Waals surface area contributed by atoms with Gasteiger partial charge in [0.2, 0.25) is 10.0 Å². The molecule has 0 aliphatic rings. The summed E-state index contributed by atoms with van der Waals surface area (Å²) in [5.41, 5.74) is 0. The van der Waals surface area contributed by atoms with Gasteiger partial charge >= 0.3 is 6.01 Å². The molecule has 0 saturated carbocycles. The zero-order valence-corrected chi connectivity index (χ0v) is 8.76. The van der Waals surface area contributed by atoms with Crippen LogP contribution in [0.2, 0.25) is 0 Å². The molecule has 0 saturated heterocycles. The van der Waals surface area contributed by atoms with Crippen LogP contribution in [0.5, 0.6) is 0 Å². The van der Waals surface area contributed by atoms with Crippen LogP contribution >= 0.6 is 0 Å². The Balaban J connectivity index is 2.59. The number of nitrogens with one attached hydrogen (secondary N) is 2. The van der Waals surface area contributed by atoms with Crippen LogP contribution in [0.3, 0.4) is 0 Å². The van der Waals surface area contributed by atoms with Crippen LogP contribution in [0.25, 0.3) is 0 Å². The zero-order valence-electron chi connectivity index (χ0n) is 7.94. The molecule has 0 bridgehead atoms. The minimum Gasteiger partial charge on any atom is -0.319 e. The number of rotatable bonds is 5. The maximum atomic E-state index is 11.3. The molecule has 0 radical (unpaired) electrons. The largest absolute Gasteiger partial charge is 0.335 e. The van der Waals surface area contributed by atoms with Crippen LogP contribution in [-0.4, -0.2) is 37.9 Å². The molecule has 1 rings (SSSR count). The Morgan fingerprint density at radius 3 is 2.71 bits per heavy atom. The van der Waals surface area contributed by atoms with E-state index in [0.29, 0.717) is 12.4 Å². The summed E-state index contributed by atoms with van der Waals surface area (Å²) in [6, 6.07) is -0.0985. The van der Waals surface area contributed by atoms with Gasteiger partial charge in [-0.15, -0.1) is 0 Å². The first kappa shape index (κ1) is 10.9. The second kappa shape index (κ2) is 4.38. The van der Waals surface area contributed by atoms with Gasteiger partial charge in [0.1, 0.15) is 0 Å². The van der Waals surface area contributed by atoms with Gasteiger partial charge in [-0.3, -0.25) is 0 Å². The normalized spacial score (nSPS) is 11.6. The number of aryl methyl sites for hydroxylation is 1. The van der Waals surface area contributed by atoms with Crippen LogP contribution in [0.15, 0.2) is 4.52 Å². The number of aromatic nitrogens is 2. The van der Waals surface area contributed by atoms with E-state index in [4.69, 9.17) is 0 Å². The van der Waals surface area contributed by atoms with Crippen molar-refractivity contribution in [2.45, 2.75) is 6.92 Å². The summed E-state index contributed by atoms with van der Waals surface area (Å²) in [6.07, 6.45) is 0. The predicted molar refractivity (Wildman–Crippen MR) is 50.4 cm³/mol. The van der Waals surface area contributed by atoms with Crippen molar-refractivity contribution >= 4 is 16.0 Å². The van der Waals surface area contributed by atoms with Gasteiger partial charge in [-0.05, 0) is 14.0 Å². The fourth-order valence-corrected chi connectivity index (χ4v) is 1.68. The van der Waals surface area contributed by atoms with E-state index < -0.39 is 10.0 Å². The first-order valence-corrected chi connectivity index (χ1v) is 5.64. The van der Waals surface area contributed by atoms with Crippen LogP contribution in [0.1, 0.15) is 5.82 Å². The van der Waals surface area contributed by atoms with Gasteiger partial charge < -0.3 is 9.84 Å². The lowest BCUT2D eigenvalue weighted by molar-refractivity contribution is 0.429. The first-order chi connectivity index (χ1) is 6.53. The molecule has 0 atom stereocenters. The molecule has 7 nitrogen and oxygen atoms in total. The third-order valence-electron chi connectivity index (χ3n) is 1.39. The van der Waals surface area contributed by atoms with Gasteiger partial charge in [-0.25, -0.2) is 13.1 Å². The lowest BCUT2D eigenvalue weighted by Crippen LogP contribution is -2.24. The molecule has 0 unspecified atom stereocenters. The molecule has 2 N–H and O–H groups in total. The molecule has 8 heteroatoms. The number of hydrogen-bond donors (Lipinski definition) is 2. The Labute approximate surface area is 81.9 Å². The van der Waals surface area contributed by atoms with Crippen LogP contribution in [0, 0.1) is 6.92 Å². The SMILES string of the molecule is CNCCS(=O)(=O)Nc1nc(C)no1. The second-order valence-electron chi connectivity index (χ2n) is 2.67. The van der Waals surface area contributed by atoms with E-state index in [1.54, 1.807) is 14.0 Å². The number of nitrogens with zero attached hydrogens (tertiary/aromatic N) is 2. The van der Waals surface area contributed by atoms with Crippen molar-refractivity contribution in [3.63, 3.8) is 0 Å². The smallest absolute Gasteiger partial charge is 0.319 e.